The second-order valence-corrected chi connectivity index (χ2v) is 4.58. The summed E-state index contributed by atoms with van der Waals surface area (Å²) in [5.41, 5.74) is -6.61. The lowest BCUT2D eigenvalue weighted by atomic mass is 10.1. The van der Waals surface area contributed by atoms with Gasteiger partial charge in [-0.3, -0.25) is 0 Å². The summed E-state index contributed by atoms with van der Waals surface area (Å²) >= 11 is 0. The van der Waals surface area contributed by atoms with Crippen LogP contribution in [-0.2, 0) is 4.74 Å². The Kier molecular flexibility index (Phi) is 4.25. The lowest BCUT2D eigenvalue weighted by Gasteiger charge is -2.34. The van der Waals surface area contributed by atoms with Gasteiger partial charge >= 0.3 is 30.1 Å². The second kappa shape index (κ2) is 5.59. The third-order valence-corrected chi connectivity index (χ3v) is 2.86. The molecule has 1 aromatic carbocycles. The highest BCUT2D eigenvalue weighted by molar-refractivity contribution is 6.04. The molecular formula is C12H4F10N2O. The molecule has 0 unspecified atom stereocenters. The number of ether oxygens (including phenoxy) is 1. The van der Waals surface area contributed by atoms with Crippen LogP contribution in [0, 0.1) is 5.82 Å². The number of aliphatic imine (C=N–C) groups is 2. The summed E-state index contributed by atoms with van der Waals surface area (Å²) in [5.74, 6) is -6.14. The molecule has 0 saturated heterocycles. The maximum absolute atomic E-state index is 13.6. The minimum Gasteiger partial charge on any atom is -0.416 e. The first-order valence-electron chi connectivity index (χ1n) is 6.02. The van der Waals surface area contributed by atoms with Crippen molar-refractivity contribution in [1.82, 2.24) is 0 Å². The van der Waals surface area contributed by atoms with Crippen LogP contribution in [0.3, 0.4) is 0 Å². The highest BCUT2D eigenvalue weighted by atomic mass is 19.4. The summed E-state index contributed by atoms with van der Waals surface area (Å²) in [7, 11) is 0. The Labute approximate surface area is 131 Å². The molecule has 2 rings (SSSR count). The minimum absolute atomic E-state index is 0.586. The molecule has 1 aromatic rings. The van der Waals surface area contributed by atoms with Crippen LogP contribution in [0.5, 0.6) is 0 Å². The zero-order valence-electron chi connectivity index (χ0n) is 11.4. The topological polar surface area (TPSA) is 34.0 Å². The van der Waals surface area contributed by atoms with Crippen LogP contribution in [0.1, 0.15) is 5.56 Å². The first kappa shape index (κ1) is 19.0. The van der Waals surface area contributed by atoms with Gasteiger partial charge in [0.05, 0.1) is 5.56 Å². The summed E-state index contributed by atoms with van der Waals surface area (Å²) in [6.45, 7) is 0. The molecule has 0 aromatic heterocycles. The molecule has 3 nitrogen and oxygen atoms in total. The average Bonchev–Trinajstić information content (AvgIpc) is 2.44. The Morgan fingerprint density at radius 3 is 1.76 bits per heavy atom. The summed E-state index contributed by atoms with van der Waals surface area (Å²) < 4.78 is 134. The van der Waals surface area contributed by atoms with E-state index in [1.807, 2.05) is 0 Å². The molecule has 0 radical (unpaired) electrons. The van der Waals surface area contributed by atoms with Crippen molar-refractivity contribution in [3.63, 3.8) is 0 Å². The van der Waals surface area contributed by atoms with E-state index in [-0.39, 0.29) is 0 Å². The van der Waals surface area contributed by atoms with E-state index < -0.39 is 47.4 Å². The average molecular weight is 382 g/mol. The smallest absolute Gasteiger partial charge is 0.416 e. The largest absolute Gasteiger partial charge is 0.468 e. The Morgan fingerprint density at radius 1 is 0.800 bits per heavy atom. The summed E-state index contributed by atoms with van der Waals surface area (Å²) in [6.07, 6.45) is -18.6. The van der Waals surface area contributed by atoms with Gasteiger partial charge in [-0.2, -0.15) is 44.5 Å². The molecule has 0 fully saturated rings. The van der Waals surface area contributed by atoms with Gasteiger partial charge in [0.2, 0.25) is 5.90 Å². The predicted molar refractivity (Wildman–Crippen MR) is 62.4 cm³/mol. The molecule has 0 spiro atoms. The zero-order chi connectivity index (χ0) is 19.3. The molecule has 1 heterocycles. The molecule has 1 aliphatic rings. The maximum atomic E-state index is 13.6. The van der Waals surface area contributed by atoms with Crippen molar-refractivity contribution in [2.75, 3.05) is 0 Å². The molecule has 13 heteroatoms. The molecule has 0 atom stereocenters. The lowest BCUT2D eigenvalue weighted by Crippen LogP contribution is -2.57. The molecule has 0 N–H and O–H groups in total. The lowest BCUT2D eigenvalue weighted by molar-refractivity contribution is -0.294. The SMILES string of the molecule is Fc1ccccc1C1=NC(C(F)(F)F)(C(F)(F)F)N=C(C(F)(F)F)O1. The standard InChI is InChI=1S/C12H4F10N2O/c13-6-4-2-1-3-5(6)7-23-10(11(17,18)19,12(20,21)22)24-8(25-7)9(14,15)16/h1-4H. The van der Waals surface area contributed by atoms with Crippen LogP contribution >= 0.6 is 0 Å². The molecule has 1 aliphatic heterocycles. The van der Waals surface area contributed by atoms with E-state index >= 15 is 0 Å². The number of hydrogen-bond donors (Lipinski definition) is 0. The summed E-state index contributed by atoms with van der Waals surface area (Å²) in [5, 5.41) is 0. The molecule has 138 valence electrons. The van der Waals surface area contributed by atoms with Gasteiger partial charge in [0, 0.05) is 0 Å². The maximum Gasteiger partial charge on any atom is 0.468 e. The van der Waals surface area contributed by atoms with E-state index in [1.165, 1.54) is 0 Å². The summed E-state index contributed by atoms with van der Waals surface area (Å²) in [4.78, 5) is 3.81. The Bertz CT molecular complexity index is 715. The number of halogens is 10. The fourth-order valence-corrected chi connectivity index (χ4v) is 1.74. The van der Waals surface area contributed by atoms with Crippen LogP contribution in [-0.4, -0.2) is 36.0 Å². The van der Waals surface area contributed by atoms with Crippen LogP contribution in [0.4, 0.5) is 43.9 Å². The van der Waals surface area contributed by atoms with Crippen LogP contribution in [0.25, 0.3) is 0 Å². The van der Waals surface area contributed by atoms with E-state index in [0.29, 0.717) is 12.1 Å². The van der Waals surface area contributed by atoms with Crippen molar-refractivity contribution in [3.05, 3.63) is 35.6 Å². The first-order valence-corrected chi connectivity index (χ1v) is 6.02. The molecule has 0 bridgehead atoms. The highest BCUT2D eigenvalue weighted by Gasteiger charge is 2.74. The van der Waals surface area contributed by atoms with E-state index in [1.54, 1.807) is 4.99 Å². The van der Waals surface area contributed by atoms with Crippen molar-refractivity contribution in [1.29, 1.82) is 0 Å². The zero-order valence-corrected chi connectivity index (χ0v) is 11.4. The van der Waals surface area contributed by atoms with E-state index in [2.05, 4.69) is 9.73 Å². The molecule has 25 heavy (non-hydrogen) atoms. The van der Waals surface area contributed by atoms with Crippen molar-refractivity contribution in [2.24, 2.45) is 9.98 Å². The Hall–Kier alpha value is -2.34. The third kappa shape index (κ3) is 3.26. The van der Waals surface area contributed by atoms with Crippen LogP contribution in [0.2, 0.25) is 0 Å². The van der Waals surface area contributed by atoms with Gasteiger partial charge in [-0.1, -0.05) is 12.1 Å². The number of hydrogen-bond acceptors (Lipinski definition) is 3. The van der Waals surface area contributed by atoms with Gasteiger partial charge in [0.25, 0.3) is 0 Å². The van der Waals surface area contributed by atoms with Crippen molar-refractivity contribution >= 4 is 11.8 Å². The van der Waals surface area contributed by atoms with Crippen molar-refractivity contribution in [3.8, 4) is 0 Å². The Morgan fingerprint density at radius 2 is 1.32 bits per heavy atom. The van der Waals surface area contributed by atoms with E-state index in [4.69, 9.17) is 0 Å². The van der Waals surface area contributed by atoms with E-state index in [9.17, 15) is 43.9 Å². The fourth-order valence-electron chi connectivity index (χ4n) is 1.74. The van der Waals surface area contributed by atoms with Gasteiger partial charge < -0.3 is 4.74 Å². The van der Waals surface area contributed by atoms with Gasteiger partial charge in [-0.25, -0.2) is 9.38 Å². The Balaban J connectivity index is 2.80. The van der Waals surface area contributed by atoms with Crippen molar-refractivity contribution < 1.29 is 48.6 Å². The van der Waals surface area contributed by atoms with Crippen LogP contribution in [0.15, 0.2) is 34.3 Å². The quantitative estimate of drug-likeness (QED) is 0.664. The van der Waals surface area contributed by atoms with Gasteiger partial charge in [0.1, 0.15) is 5.82 Å². The first-order chi connectivity index (χ1) is 11.2. The number of rotatable bonds is 1. The summed E-state index contributed by atoms with van der Waals surface area (Å²) in [6, 6.07) is 3.14. The van der Waals surface area contributed by atoms with Crippen LogP contribution < -0.4 is 0 Å². The van der Waals surface area contributed by atoms with E-state index in [0.717, 1.165) is 12.1 Å². The monoisotopic (exact) mass is 382 g/mol. The minimum atomic E-state index is -6.40. The number of benzene rings is 1. The van der Waals surface area contributed by atoms with Gasteiger partial charge in [-0.15, -0.1) is 0 Å². The fraction of sp³-hybridized carbons (Fsp3) is 0.333. The molecule has 0 saturated carbocycles. The van der Waals surface area contributed by atoms with Gasteiger partial charge in [0.15, 0.2) is 0 Å². The molecule has 0 amide bonds. The highest BCUT2D eigenvalue weighted by Crippen LogP contribution is 2.49. The van der Waals surface area contributed by atoms with Gasteiger partial charge in [-0.05, 0) is 12.1 Å². The van der Waals surface area contributed by atoms with Crippen molar-refractivity contribution in [2.45, 2.75) is 24.2 Å². The number of alkyl halides is 9. The second-order valence-electron chi connectivity index (χ2n) is 4.58. The molecular weight excluding hydrogens is 378 g/mol. The third-order valence-electron chi connectivity index (χ3n) is 2.86. The normalized spacial score (nSPS) is 18.3. The molecule has 0 aliphatic carbocycles. The number of nitrogens with zero attached hydrogens (tertiary/aromatic N) is 2. The predicted octanol–water partition coefficient (Wildman–Crippen LogP) is 4.38.